The summed E-state index contributed by atoms with van der Waals surface area (Å²) in [6.07, 6.45) is 5.22. The van der Waals surface area contributed by atoms with Crippen LogP contribution in [0.1, 0.15) is 44.5 Å². The van der Waals surface area contributed by atoms with Crippen molar-refractivity contribution in [2.24, 2.45) is 5.92 Å². The number of hydrogen-bond acceptors (Lipinski definition) is 4. The van der Waals surface area contributed by atoms with Crippen LogP contribution in [0, 0.1) is 12.8 Å². The topological polar surface area (TPSA) is 29.0 Å². The Balaban J connectivity index is 2.08. The molecule has 0 aromatic carbocycles. The van der Waals surface area contributed by atoms with Crippen molar-refractivity contribution in [2.45, 2.75) is 52.5 Å². The van der Waals surface area contributed by atoms with Gasteiger partial charge in [0, 0.05) is 12.6 Å². The average molecular weight is 239 g/mol. The first-order valence-corrected chi connectivity index (χ1v) is 7.10. The highest BCUT2D eigenvalue weighted by Crippen LogP contribution is 2.32. The minimum absolute atomic E-state index is 0.687. The highest BCUT2D eigenvalue weighted by molar-refractivity contribution is 7.15. The molecule has 1 fully saturated rings. The standard InChI is InChI=1S/C12H21N3S/c1-4-6-9(2)11-7-5-8-15(11)12-14-13-10(3)16-12/h9,11H,4-8H2,1-3H3. The molecule has 2 atom stereocenters. The van der Waals surface area contributed by atoms with Crippen LogP contribution in [0.25, 0.3) is 0 Å². The number of rotatable bonds is 4. The third-order valence-corrected chi connectivity index (χ3v) is 4.34. The van der Waals surface area contributed by atoms with Crippen LogP contribution in [0.5, 0.6) is 0 Å². The van der Waals surface area contributed by atoms with E-state index in [0.717, 1.165) is 22.6 Å². The van der Waals surface area contributed by atoms with Gasteiger partial charge in [-0.3, -0.25) is 0 Å². The Morgan fingerprint density at radius 3 is 2.94 bits per heavy atom. The van der Waals surface area contributed by atoms with Gasteiger partial charge in [-0.05, 0) is 32.1 Å². The molecule has 0 aliphatic carbocycles. The van der Waals surface area contributed by atoms with E-state index < -0.39 is 0 Å². The zero-order chi connectivity index (χ0) is 11.5. The second-order valence-corrected chi connectivity index (χ2v) is 5.93. The second kappa shape index (κ2) is 5.13. The Labute approximate surface area is 102 Å². The number of aryl methyl sites for hydroxylation is 1. The second-order valence-electron chi connectivity index (χ2n) is 4.77. The largest absolute Gasteiger partial charge is 0.343 e. The van der Waals surface area contributed by atoms with Crippen LogP contribution in [0.15, 0.2) is 0 Å². The summed E-state index contributed by atoms with van der Waals surface area (Å²) in [5.41, 5.74) is 0. The van der Waals surface area contributed by atoms with Crippen LogP contribution in [-0.4, -0.2) is 22.8 Å². The van der Waals surface area contributed by atoms with E-state index in [2.05, 4.69) is 28.9 Å². The zero-order valence-corrected chi connectivity index (χ0v) is 11.3. The Hall–Kier alpha value is -0.640. The molecule has 4 heteroatoms. The molecule has 0 N–H and O–H groups in total. The highest BCUT2D eigenvalue weighted by Gasteiger charge is 2.30. The van der Waals surface area contributed by atoms with Crippen molar-refractivity contribution in [1.82, 2.24) is 10.2 Å². The van der Waals surface area contributed by atoms with E-state index in [0.29, 0.717) is 6.04 Å². The third kappa shape index (κ3) is 2.37. The normalized spacial score (nSPS) is 22.7. The third-order valence-electron chi connectivity index (χ3n) is 3.46. The monoisotopic (exact) mass is 239 g/mol. The van der Waals surface area contributed by atoms with Crippen LogP contribution in [-0.2, 0) is 0 Å². The number of nitrogens with zero attached hydrogens (tertiary/aromatic N) is 3. The van der Waals surface area contributed by atoms with Crippen LogP contribution < -0.4 is 4.90 Å². The highest BCUT2D eigenvalue weighted by atomic mass is 32.1. The van der Waals surface area contributed by atoms with Gasteiger partial charge in [-0.25, -0.2) is 0 Å². The molecule has 2 rings (SSSR count). The number of anilines is 1. The first-order valence-electron chi connectivity index (χ1n) is 6.29. The average Bonchev–Trinajstić information content (AvgIpc) is 2.85. The maximum absolute atomic E-state index is 4.28. The molecule has 1 aliphatic heterocycles. The van der Waals surface area contributed by atoms with Crippen molar-refractivity contribution in [2.75, 3.05) is 11.4 Å². The molecule has 1 aliphatic rings. The Morgan fingerprint density at radius 1 is 1.50 bits per heavy atom. The number of aromatic nitrogens is 2. The Kier molecular flexibility index (Phi) is 3.79. The molecular formula is C12H21N3S. The van der Waals surface area contributed by atoms with Crippen molar-refractivity contribution in [1.29, 1.82) is 0 Å². The SMILES string of the molecule is CCCC(C)C1CCCN1c1nnc(C)s1. The van der Waals surface area contributed by atoms with Crippen LogP contribution in [0.4, 0.5) is 5.13 Å². The molecule has 0 saturated carbocycles. The fourth-order valence-corrected chi connectivity index (χ4v) is 3.44. The molecule has 1 saturated heterocycles. The predicted molar refractivity (Wildman–Crippen MR) is 69.1 cm³/mol. The first kappa shape index (κ1) is 11.8. The van der Waals surface area contributed by atoms with Gasteiger partial charge >= 0.3 is 0 Å². The predicted octanol–water partition coefficient (Wildman–Crippen LogP) is 3.25. The van der Waals surface area contributed by atoms with Gasteiger partial charge in [0.2, 0.25) is 5.13 Å². The van der Waals surface area contributed by atoms with Crippen LogP contribution >= 0.6 is 11.3 Å². The molecular weight excluding hydrogens is 218 g/mol. The summed E-state index contributed by atoms with van der Waals surface area (Å²) in [7, 11) is 0. The fourth-order valence-electron chi connectivity index (χ4n) is 2.67. The molecule has 90 valence electrons. The summed E-state index contributed by atoms with van der Waals surface area (Å²) >= 11 is 1.73. The van der Waals surface area contributed by atoms with Gasteiger partial charge in [0.25, 0.3) is 0 Å². The molecule has 0 bridgehead atoms. The Bertz CT molecular complexity index is 337. The van der Waals surface area contributed by atoms with Crippen molar-refractivity contribution in [3.8, 4) is 0 Å². The minimum atomic E-state index is 0.687. The van der Waals surface area contributed by atoms with Gasteiger partial charge in [-0.2, -0.15) is 0 Å². The molecule has 1 aromatic rings. The molecule has 16 heavy (non-hydrogen) atoms. The molecule has 2 unspecified atom stereocenters. The lowest BCUT2D eigenvalue weighted by Crippen LogP contribution is -2.34. The minimum Gasteiger partial charge on any atom is -0.343 e. The van der Waals surface area contributed by atoms with Gasteiger partial charge in [-0.15, -0.1) is 10.2 Å². The lowest BCUT2D eigenvalue weighted by Gasteiger charge is -2.28. The maximum atomic E-state index is 4.28. The van der Waals surface area contributed by atoms with Gasteiger partial charge in [0.05, 0.1) is 0 Å². The van der Waals surface area contributed by atoms with E-state index in [1.165, 1.54) is 25.7 Å². The van der Waals surface area contributed by atoms with Crippen LogP contribution in [0.2, 0.25) is 0 Å². The maximum Gasteiger partial charge on any atom is 0.208 e. The molecule has 0 spiro atoms. The van der Waals surface area contributed by atoms with Crippen molar-refractivity contribution in [3.05, 3.63) is 5.01 Å². The van der Waals surface area contributed by atoms with E-state index in [-0.39, 0.29) is 0 Å². The smallest absolute Gasteiger partial charge is 0.208 e. The first-order chi connectivity index (χ1) is 7.72. The van der Waals surface area contributed by atoms with E-state index in [1.807, 2.05) is 6.92 Å². The van der Waals surface area contributed by atoms with Gasteiger partial charge in [-0.1, -0.05) is 31.6 Å². The summed E-state index contributed by atoms with van der Waals surface area (Å²) in [5, 5.41) is 10.6. The summed E-state index contributed by atoms with van der Waals surface area (Å²) in [6, 6.07) is 0.687. The molecule has 0 radical (unpaired) electrons. The lowest BCUT2D eigenvalue weighted by molar-refractivity contribution is 0.421. The molecule has 1 aromatic heterocycles. The van der Waals surface area contributed by atoms with Gasteiger partial charge in [0.15, 0.2) is 0 Å². The van der Waals surface area contributed by atoms with Gasteiger partial charge < -0.3 is 4.90 Å². The zero-order valence-electron chi connectivity index (χ0n) is 10.4. The summed E-state index contributed by atoms with van der Waals surface area (Å²) in [4.78, 5) is 2.48. The van der Waals surface area contributed by atoms with Crippen molar-refractivity contribution in [3.63, 3.8) is 0 Å². The van der Waals surface area contributed by atoms with E-state index >= 15 is 0 Å². The fraction of sp³-hybridized carbons (Fsp3) is 0.833. The summed E-state index contributed by atoms with van der Waals surface area (Å²) in [5.74, 6) is 0.775. The Morgan fingerprint density at radius 2 is 2.31 bits per heavy atom. The molecule has 2 heterocycles. The quantitative estimate of drug-likeness (QED) is 0.807. The van der Waals surface area contributed by atoms with E-state index in [4.69, 9.17) is 0 Å². The molecule has 0 amide bonds. The molecule has 3 nitrogen and oxygen atoms in total. The van der Waals surface area contributed by atoms with Gasteiger partial charge in [0.1, 0.15) is 5.01 Å². The lowest BCUT2D eigenvalue weighted by atomic mass is 9.95. The number of hydrogen-bond donors (Lipinski definition) is 0. The summed E-state index contributed by atoms with van der Waals surface area (Å²) in [6.45, 7) is 7.83. The van der Waals surface area contributed by atoms with E-state index in [9.17, 15) is 0 Å². The van der Waals surface area contributed by atoms with Crippen LogP contribution in [0.3, 0.4) is 0 Å². The van der Waals surface area contributed by atoms with Crippen molar-refractivity contribution < 1.29 is 0 Å². The summed E-state index contributed by atoms with van der Waals surface area (Å²) < 4.78 is 0. The van der Waals surface area contributed by atoms with E-state index in [1.54, 1.807) is 11.3 Å². The van der Waals surface area contributed by atoms with Crippen molar-refractivity contribution >= 4 is 16.5 Å².